The minimum atomic E-state index is -0.821. The van der Waals surface area contributed by atoms with Crippen LogP contribution in [0.3, 0.4) is 0 Å². The molecule has 130 valence electrons. The fraction of sp³-hybridized carbons (Fsp3) is 0.765. The van der Waals surface area contributed by atoms with Crippen LogP contribution in [0.2, 0.25) is 0 Å². The van der Waals surface area contributed by atoms with Gasteiger partial charge >= 0.3 is 0 Å². The summed E-state index contributed by atoms with van der Waals surface area (Å²) in [5.74, 6) is 2.00. The predicted molar refractivity (Wildman–Crippen MR) is 99.1 cm³/mol. The van der Waals surface area contributed by atoms with Crippen molar-refractivity contribution in [3.8, 4) is 0 Å². The first-order valence-corrected chi connectivity index (χ1v) is 9.82. The van der Waals surface area contributed by atoms with Gasteiger partial charge in [-0.15, -0.1) is 0 Å². The Bertz CT molecular complexity index is 343. The van der Waals surface area contributed by atoms with Gasteiger partial charge in [0.1, 0.15) is 0 Å². The van der Waals surface area contributed by atoms with Crippen molar-refractivity contribution in [2.75, 3.05) is 31.1 Å². The Kier molecular flexibility index (Phi) is 13.3. The Morgan fingerprint density at radius 3 is 2.32 bits per heavy atom. The summed E-state index contributed by atoms with van der Waals surface area (Å²) in [4.78, 5) is 0. The second kappa shape index (κ2) is 13.8. The SMILES string of the molecule is C=C(CCNC(=C)CCS(=O)CCN)NCCCCC(C)C. The lowest BCUT2D eigenvalue weighted by atomic mass is 10.1. The molecule has 0 aliphatic heterocycles. The second-order valence-corrected chi connectivity index (χ2v) is 7.78. The molecule has 0 radical (unpaired) electrons. The van der Waals surface area contributed by atoms with Gasteiger partial charge in [-0.25, -0.2) is 0 Å². The van der Waals surface area contributed by atoms with E-state index in [9.17, 15) is 4.21 Å². The van der Waals surface area contributed by atoms with E-state index in [4.69, 9.17) is 5.73 Å². The van der Waals surface area contributed by atoms with Crippen LogP contribution in [0.5, 0.6) is 0 Å². The van der Waals surface area contributed by atoms with Crippen LogP contribution >= 0.6 is 0 Å². The first-order chi connectivity index (χ1) is 10.5. The smallest absolute Gasteiger partial charge is 0.0357 e. The van der Waals surface area contributed by atoms with E-state index in [1.54, 1.807) is 0 Å². The van der Waals surface area contributed by atoms with Crippen molar-refractivity contribution in [3.05, 3.63) is 24.6 Å². The van der Waals surface area contributed by atoms with Crippen molar-refractivity contribution in [1.29, 1.82) is 0 Å². The maximum absolute atomic E-state index is 11.5. The molecule has 22 heavy (non-hydrogen) atoms. The van der Waals surface area contributed by atoms with Gasteiger partial charge in [-0.3, -0.25) is 4.21 Å². The minimum Gasteiger partial charge on any atom is -0.389 e. The van der Waals surface area contributed by atoms with Crippen LogP contribution in [-0.2, 0) is 10.8 Å². The summed E-state index contributed by atoms with van der Waals surface area (Å²) < 4.78 is 11.5. The molecule has 0 aromatic carbocycles. The summed E-state index contributed by atoms with van der Waals surface area (Å²) in [6.45, 7) is 14.8. The molecule has 0 saturated carbocycles. The van der Waals surface area contributed by atoms with E-state index in [0.717, 1.165) is 43.2 Å². The van der Waals surface area contributed by atoms with Crippen LogP contribution in [-0.4, -0.2) is 35.3 Å². The van der Waals surface area contributed by atoms with Gasteiger partial charge in [0.05, 0.1) is 0 Å². The van der Waals surface area contributed by atoms with Crippen molar-refractivity contribution in [1.82, 2.24) is 10.6 Å². The number of hydrogen-bond acceptors (Lipinski definition) is 4. The monoisotopic (exact) mass is 329 g/mol. The topological polar surface area (TPSA) is 67.2 Å². The largest absolute Gasteiger partial charge is 0.389 e. The van der Waals surface area contributed by atoms with E-state index in [1.165, 1.54) is 19.3 Å². The lowest BCUT2D eigenvalue weighted by molar-refractivity contribution is 0.528. The van der Waals surface area contributed by atoms with E-state index in [0.29, 0.717) is 18.1 Å². The average molecular weight is 330 g/mol. The van der Waals surface area contributed by atoms with E-state index < -0.39 is 10.8 Å². The molecule has 0 amide bonds. The molecule has 0 bridgehead atoms. The zero-order chi connectivity index (χ0) is 16.8. The fourth-order valence-corrected chi connectivity index (χ4v) is 2.92. The second-order valence-electron chi connectivity index (χ2n) is 6.09. The van der Waals surface area contributed by atoms with Crippen molar-refractivity contribution in [3.63, 3.8) is 0 Å². The lowest BCUT2D eigenvalue weighted by Gasteiger charge is -2.12. The van der Waals surface area contributed by atoms with Crippen molar-refractivity contribution in [2.45, 2.75) is 46.0 Å². The van der Waals surface area contributed by atoms with Gasteiger partial charge < -0.3 is 16.4 Å². The standard InChI is InChI=1S/C17H35N3OS/c1-15(2)7-5-6-11-19-16(3)8-12-20-17(4)9-13-22(21)14-10-18/h15,19-20H,3-14,18H2,1-2H3. The van der Waals surface area contributed by atoms with Gasteiger partial charge in [0.25, 0.3) is 0 Å². The number of hydrogen-bond donors (Lipinski definition) is 3. The molecular weight excluding hydrogens is 294 g/mol. The number of nitrogens with one attached hydrogen (secondary N) is 2. The van der Waals surface area contributed by atoms with Crippen LogP contribution in [0.15, 0.2) is 24.6 Å². The third kappa shape index (κ3) is 14.1. The molecule has 5 heteroatoms. The highest BCUT2D eigenvalue weighted by molar-refractivity contribution is 7.85. The molecule has 0 spiro atoms. The predicted octanol–water partition coefficient (Wildman–Crippen LogP) is 2.51. The molecule has 0 heterocycles. The maximum atomic E-state index is 11.5. The van der Waals surface area contributed by atoms with Crippen molar-refractivity contribution >= 4 is 10.8 Å². The molecule has 0 rings (SSSR count). The molecule has 4 nitrogen and oxygen atoms in total. The third-order valence-electron chi connectivity index (χ3n) is 3.36. The first kappa shape index (κ1) is 21.2. The summed E-state index contributed by atoms with van der Waals surface area (Å²) >= 11 is 0. The molecule has 0 saturated heterocycles. The zero-order valence-corrected chi connectivity index (χ0v) is 15.3. The Hall–Kier alpha value is -0.810. The van der Waals surface area contributed by atoms with Crippen LogP contribution in [0, 0.1) is 5.92 Å². The van der Waals surface area contributed by atoms with Crippen molar-refractivity contribution in [2.24, 2.45) is 11.7 Å². The molecular formula is C17H35N3OS. The maximum Gasteiger partial charge on any atom is 0.0357 e. The number of unbranched alkanes of at least 4 members (excludes halogenated alkanes) is 1. The minimum absolute atomic E-state index is 0.481. The van der Waals surface area contributed by atoms with Gasteiger partial charge in [0.15, 0.2) is 0 Å². The van der Waals surface area contributed by atoms with Gasteiger partial charge in [0.2, 0.25) is 0 Å². The molecule has 0 aromatic rings. The van der Waals surface area contributed by atoms with Crippen LogP contribution in [0.4, 0.5) is 0 Å². The van der Waals surface area contributed by atoms with Gasteiger partial charge in [-0.1, -0.05) is 39.8 Å². The fourth-order valence-electron chi connectivity index (χ4n) is 1.98. The summed E-state index contributed by atoms with van der Waals surface area (Å²) in [5.41, 5.74) is 7.38. The Labute approximate surface area is 139 Å². The summed E-state index contributed by atoms with van der Waals surface area (Å²) in [6, 6.07) is 0. The normalized spacial score (nSPS) is 12.2. The molecule has 0 aliphatic carbocycles. The number of allylic oxidation sites excluding steroid dienone is 1. The molecule has 0 aromatic heterocycles. The highest BCUT2D eigenvalue weighted by Gasteiger charge is 2.01. The highest BCUT2D eigenvalue weighted by atomic mass is 32.2. The van der Waals surface area contributed by atoms with E-state index >= 15 is 0 Å². The molecule has 1 unspecified atom stereocenters. The zero-order valence-electron chi connectivity index (χ0n) is 14.5. The first-order valence-electron chi connectivity index (χ1n) is 8.34. The van der Waals surface area contributed by atoms with Crippen molar-refractivity contribution < 1.29 is 4.21 Å². The summed E-state index contributed by atoms with van der Waals surface area (Å²) in [7, 11) is -0.821. The molecule has 0 aliphatic rings. The van der Waals surface area contributed by atoms with E-state index in [2.05, 4.69) is 37.6 Å². The van der Waals surface area contributed by atoms with E-state index in [-0.39, 0.29) is 0 Å². The number of rotatable bonds is 15. The highest BCUT2D eigenvalue weighted by Crippen LogP contribution is 2.05. The quantitative estimate of drug-likeness (QED) is 0.404. The summed E-state index contributed by atoms with van der Waals surface area (Å²) in [5, 5.41) is 6.64. The van der Waals surface area contributed by atoms with E-state index in [1.807, 2.05) is 0 Å². The van der Waals surface area contributed by atoms with Crippen LogP contribution in [0.1, 0.15) is 46.0 Å². The molecule has 1 atom stereocenters. The van der Waals surface area contributed by atoms with Gasteiger partial charge in [-0.05, 0) is 18.8 Å². The molecule has 4 N–H and O–H groups in total. The third-order valence-corrected chi connectivity index (χ3v) is 4.71. The number of nitrogens with two attached hydrogens (primary N) is 1. The Morgan fingerprint density at radius 1 is 1.05 bits per heavy atom. The molecule has 0 fully saturated rings. The van der Waals surface area contributed by atoms with Gasteiger partial charge in [0, 0.05) is 59.8 Å². The van der Waals surface area contributed by atoms with Gasteiger partial charge in [-0.2, -0.15) is 0 Å². The van der Waals surface area contributed by atoms with Crippen LogP contribution in [0.25, 0.3) is 0 Å². The Morgan fingerprint density at radius 2 is 1.68 bits per heavy atom. The summed E-state index contributed by atoms with van der Waals surface area (Å²) in [6.07, 6.45) is 5.38. The average Bonchev–Trinajstić information content (AvgIpc) is 2.44. The Balaban J connectivity index is 3.50. The lowest BCUT2D eigenvalue weighted by Crippen LogP contribution is -2.21. The van der Waals surface area contributed by atoms with Crippen LogP contribution < -0.4 is 16.4 Å².